The van der Waals surface area contributed by atoms with Crippen LogP contribution in [0.2, 0.25) is 0 Å². The summed E-state index contributed by atoms with van der Waals surface area (Å²) in [5.41, 5.74) is 10.3. The first kappa shape index (κ1) is 25.1. The smallest absolute Gasteiger partial charge is 0.159 e. The van der Waals surface area contributed by atoms with E-state index in [0.717, 1.165) is 55.5 Å². The molecule has 0 aliphatic heterocycles. The molecule has 5 aromatic carbocycles. The first-order valence-electron chi connectivity index (χ1n) is 15.3. The Balaban J connectivity index is 1.14. The van der Waals surface area contributed by atoms with Gasteiger partial charge < -0.3 is 13.6 Å². The molecule has 0 N–H and O–H groups in total. The van der Waals surface area contributed by atoms with Gasteiger partial charge in [0.05, 0.1) is 16.7 Å². The number of hydrogen-bond acceptors (Lipinski definition) is 4. The van der Waals surface area contributed by atoms with Crippen molar-refractivity contribution < 1.29 is 4.42 Å². The largest absolute Gasteiger partial charge is 0.456 e. The maximum atomic E-state index is 6.11. The van der Waals surface area contributed by atoms with E-state index in [-0.39, 0.29) is 0 Å². The van der Waals surface area contributed by atoms with Gasteiger partial charge in [0, 0.05) is 85.8 Å². The number of fused-ring (bicyclic) bond motifs is 9. The second-order valence-electron chi connectivity index (χ2n) is 11.8. The molecule has 0 bridgehead atoms. The Hall–Kier alpha value is -6.27. The molecule has 0 unspecified atom stereocenters. The van der Waals surface area contributed by atoms with E-state index in [1.807, 2.05) is 24.5 Å². The van der Waals surface area contributed by atoms with Crippen LogP contribution in [-0.2, 0) is 7.05 Å². The quantitative estimate of drug-likeness (QED) is 0.205. The van der Waals surface area contributed by atoms with Crippen LogP contribution < -0.4 is 0 Å². The number of hydrogen-bond donors (Lipinski definition) is 0. The van der Waals surface area contributed by atoms with E-state index in [2.05, 4.69) is 124 Å². The van der Waals surface area contributed by atoms with Gasteiger partial charge in [-0.25, -0.2) is 9.97 Å². The van der Waals surface area contributed by atoms with Gasteiger partial charge in [0.15, 0.2) is 5.82 Å². The number of aromatic nitrogens is 5. The first-order valence-corrected chi connectivity index (χ1v) is 15.3. The van der Waals surface area contributed by atoms with Crippen molar-refractivity contribution in [2.45, 2.75) is 0 Å². The molecule has 5 heterocycles. The van der Waals surface area contributed by atoms with Gasteiger partial charge in [-0.1, -0.05) is 48.5 Å². The van der Waals surface area contributed by atoms with Crippen molar-refractivity contribution >= 4 is 65.6 Å². The fourth-order valence-corrected chi connectivity index (χ4v) is 7.12. The second-order valence-corrected chi connectivity index (χ2v) is 11.8. The SMILES string of the molecule is Cn1c2ccccc2c2cc(-c3nccc(-c4ccc5c6ccccc6n(-c6ccc7oc8ccncc8c7c6)c5c4)n3)ccc21. The third-order valence-electron chi connectivity index (χ3n) is 9.31. The number of para-hydroxylation sites is 2. The van der Waals surface area contributed by atoms with Gasteiger partial charge in [0.1, 0.15) is 11.2 Å². The highest BCUT2D eigenvalue weighted by Crippen LogP contribution is 2.37. The van der Waals surface area contributed by atoms with Crippen molar-refractivity contribution in [2.75, 3.05) is 0 Å². The predicted molar refractivity (Wildman–Crippen MR) is 186 cm³/mol. The molecular formula is C40H25N5O. The number of pyridine rings is 1. The molecule has 0 spiro atoms. The third-order valence-corrected chi connectivity index (χ3v) is 9.31. The summed E-state index contributed by atoms with van der Waals surface area (Å²) in [6, 6.07) is 40.5. The van der Waals surface area contributed by atoms with Gasteiger partial charge in [0.25, 0.3) is 0 Å². The predicted octanol–water partition coefficient (Wildman–Crippen LogP) is 9.85. The fourth-order valence-electron chi connectivity index (χ4n) is 7.12. The number of rotatable bonds is 3. The Morgan fingerprint density at radius 2 is 1.30 bits per heavy atom. The minimum atomic E-state index is 0.707. The Bertz CT molecular complexity index is 2840. The van der Waals surface area contributed by atoms with Crippen LogP contribution in [0.3, 0.4) is 0 Å². The van der Waals surface area contributed by atoms with Gasteiger partial charge in [-0.3, -0.25) is 4.98 Å². The summed E-state index contributed by atoms with van der Waals surface area (Å²) in [5, 5.41) is 6.88. The van der Waals surface area contributed by atoms with Gasteiger partial charge in [-0.2, -0.15) is 0 Å². The van der Waals surface area contributed by atoms with Crippen LogP contribution in [0.15, 0.2) is 138 Å². The molecule has 5 aromatic heterocycles. The maximum absolute atomic E-state index is 6.11. The fraction of sp³-hybridized carbons (Fsp3) is 0.0250. The Morgan fingerprint density at radius 3 is 2.22 bits per heavy atom. The number of benzene rings is 5. The Morgan fingerprint density at radius 1 is 0.543 bits per heavy atom. The molecule has 10 aromatic rings. The van der Waals surface area contributed by atoms with E-state index in [4.69, 9.17) is 14.4 Å². The van der Waals surface area contributed by atoms with Crippen molar-refractivity contribution in [1.82, 2.24) is 24.1 Å². The minimum Gasteiger partial charge on any atom is -0.456 e. The molecule has 6 nitrogen and oxygen atoms in total. The number of nitrogens with zero attached hydrogens (tertiary/aromatic N) is 5. The van der Waals surface area contributed by atoms with Crippen molar-refractivity contribution in [1.29, 1.82) is 0 Å². The molecule has 0 radical (unpaired) electrons. The molecule has 0 amide bonds. The van der Waals surface area contributed by atoms with Gasteiger partial charge in [0.2, 0.25) is 0 Å². The number of aryl methyl sites for hydroxylation is 1. The van der Waals surface area contributed by atoms with Crippen molar-refractivity contribution in [3.63, 3.8) is 0 Å². The summed E-state index contributed by atoms with van der Waals surface area (Å²) >= 11 is 0. The van der Waals surface area contributed by atoms with Gasteiger partial charge in [-0.15, -0.1) is 0 Å². The molecule has 10 rings (SSSR count). The van der Waals surface area contributed by atoms with Crippen molar-refractivity contribution in [3.05, 3.63) is 134 Å². The lowest BCUT2D eigenvalue weighted by Gasteiger charge is -2.10. The van der Waals surface area contributed by atoms with E-state index in [9.17, 15) is 0 Å². The zero-order chi connectivity index (χ0) is 30.4. The Labute approximate surface area is 262 Å². The van der Waals surface area contributed by atoms with Gasteiger partial charge >= 0.3 is 0 Å². The highest BCUT2D eigenvalue weighted by atomic mass is 16.3. The normalized spacial score (nSPS) is 12.0. The van der Waals surface area contributed by atoms with Crippen LogP contribution in [0.1, 0.15) is 0 Å². The average Bonchev–Trinajstić information content (AvgIpc) is 3.75. The highest BCUT2D eigenvalue weighted by molar-refractivity contribution is 6.12. The van der Waals surface area contributed by atoms with Gasteiger partial charge in [-0.05, 0) is 66.7 Å². The summed E-state index contributed by atoms with van der Waals surface area (Å²) in [7, 11) is 2.11. The summed E-state index contributed by atoms with van der Waals surface area (Å²) < 4.78 is 10.7. The van der Waals surface area contributed by atoms with E-state index < -0.39 is 0 Å². The van der Waals surface area contributed by atoms with Crippen LogP contribution in [0.25, 0.3) is 93.9 Å². The van der Waals surface area contributed by atoms with E-state index in [1.54, 1.807) is 6.20 Å². The van der Waals surface area contributed by atoms with E-state index in [1.165, 1.54) is 32.6 Å². The molecule has 0 aliphatic rings. The molecule has 216 valence electrons. The lowest BCUT2D eigenvalue weighted by molar-refractivity contribution is 0.668. The topological polar surface area (TPSA) is 61.7 Å². The highest BCUT2D eigenvalue weighted by Gasteiger charge is 2.16. The second kappa shape index (κ2) is 9.36. The van der Waals surface area contributed by atoms with Crippen molar-refractivity contribution in [2.24, 2.45) is 7.05 Å². The van der Waals surface area contributed by atoms with Crippen LogP contribution in [0.5, 0.6) is 0 Å². The summed E-state index contributed by atoms with van der Waals surface area (Å²) in [6.45, 7) is 0. The molecule has 0 saturated heterocycles. The average molecular weight is 592 g/mol. The molecule has 0 aliphatic carbocycles. The van der Waals surface area contributed by atoms with E-state index in [0.29, 0.717) is 5.82 Å². The number of furan rings is 1. The summed E-state index contributed by atoms with van der Waals surface area (Å²) in [6.07, 6.45) is 5.50. The molecule has 0 fully saturated rings. The van der Waals surface area contributed by atoms with Crippen LogP contribution in [-0.4, -0.2) is 24.1 Å². The first-order chi connectivity index (χ1) is 22.7. The molecular weight excluding hydrogens is 566 g/mol. The van der Waals surface area contributed by atoms with Crippen LogP contribution in [0, 0.1) is 0 Å². The zero-order valence-corrected chi connectivity index (χ0v) is 24.8. The molecule has 0 saturated carbocycles. The lowest BCUT2D eigenvalue weighted by atomic mass is 10.1. The van der Waals surface area contributed by atoms with Crippen LogP contribution >= 0.6 is 0 Å². The lowest BCUT2D eigenvalue weighted by Crippen LogP contribution is -1.95. The monoisotopic (exact) mass is 591 g/mol. The summed E-state index contributed by atoms with van der Waals surface area (Å²) in [5.74, 6) is 0.707. The molecule has 0 atom stereocenters. The van der Waals surface area contributed by atoms with E-state index >= 15 is 0 Å². The maximum Gasteiger partial charge on any atom is 0.159 e. The third kappa shape index (κ3) is 3.55. The molecule has 6 heteroatoms. The van der Waals surface area contributed by atoms with Crippen LogP contribution in [0.4, 0.5) is 0 Å². The van der Waals surface area contributed by atoms with Crippen molar-refractivity contribution in [3.8, 4) is 28.3 Å². The minimum absolute atomic E-state index is 0.707. The molecule has 46 heavy (non-hydrogen) atoms. The Kier molecular flexibility index (Phi) is 5.11. The standard InChI is InChI=1S/C40H25N5O/c1-44-34-8-4-2-7-28(34)30-20-25(11-14-35(30)44)40-42-19-16-33(43-40)24-10-13-29-27-6-3-5-9-36(27)45(37(29)21-24)26-12-15-38-31(22-26)32-23-41-18-17-39(32)46-38/h2-23H,1H3. The zero-order valence-electron chi connectivity index (χ0n) is 24.8. The summed E-state index contributed by atoms with van der Waals surface area (Å²) in [4.78, 5) is 14.1.